The van der Waals surface area contributed by atoms with Crippen LogP contribution in [0.2, 0.25) is 0 Å². The normalized spacial score (nSPS) is 17.1. The highest BCUT2D eigenvalue weighted by Crippen LogP contribution is 2.32. The van der Waals surface area contributed by atoms with Crippen molar-refractivity contribution in [2.45, 2.75) is 51.6 Å². The molecule has 1 aliphatic heterocycles. The van der Waals surface area contributed by atoms with Crippen LogP contribution in [-0.2, 0) is 11.0 Å². The van der Waals surface area contributed by atoms with Crippen LogP contribution in [0.3, 0.4) is 0 Å². The Hall–Kier alpha value is -3.10. The molecule has 9 heteroatoms. The molecule has 2 aromatic heterocycles. The summed E-state index contributed by atoms with van der Waals surface area (Å²) in [5, 5.41) is 8.16. The largest absolute Gasteiger partial charge is 0.483 e. The zero-order chi connectivity index (χ0) is 23.8. The number of likely N-dealkylation sites (tertiary alicyclic amines) is 1. The van der Waals surface area contributed by atoms with Gasteiger partial charge in [0.15, 0.2) is 12.3 Å². The Morgan fingerprint density at radius 3 is 2.73 bits per heavy atom. The van der Waals surface area contributed by atoms with Gasteiger partial charge in [0.25, 0.3) is 5.91 Å². The lowest BCUT2D eigenvalue weighted by Gasteiger charge is -2.32. The van der Waals surface area contributed by atoms with Crippen molar-refractivity contribution in [3.63, 3.8) is 0 Å². The number of carbonyl (C=O) groups excluding carboxylic acids is 1. The number of rotatable bonds is 5. The molecule has 0 bridgehead atoms. The van der Waals surface area contributed by atoms with Crippen LogP contribution in [0.25, 0.3) is 5.65 Å². The van der Waals surface area contributed by atoms with E-state index in [-0.39, 0.29) is 24.3 Å². The number of amides is 1. The van der Waals surface area contributed by atoms with Crippen LogP contribution < -0.4 is 4.74 Å². The van der Waals surface area contributed by atoms with Gasteiger partial charge in [-0.3, -0.25) is 9.20 Å². The monoisotopic (exact) mass is 460 g/mol. The fraction of sp³-hybridized carbons (Fsp3) is 0.458. The number of benzene rings is 1. The summed E-state index contributed by atoms with van der Waals surface area (Å²) in [6, 6.07) is 8.28. The zero-order valence-electron chi connectivity index (χ0n) is 18.9. The summed E-state index contributed by atoms with van der Waals surface area (Å²) in [6.07, 6.45) is -1.98. The summed E-state index contributed by atoms with van der Waals surface area (Å²) in [5.41, 5.74) is 1.69. The van der Waals surface area contributed by atoms with Crippen LogP contribution in [0.1, 0.15) is 61.0 Å². The van der Waals surface area contributed by atoms with Crippen molar-refractivity contribution >= 4 is 11.6 Å². The zero-order valence-corrected chi connectivity index (χ0v) is 18.9. The van der Waals surface area contributed by atoms with Crippen molar-refractivity contribution in [2.24, 2.45) is 0 Å². The van der Waals surface area contributed by atoms with E-state index < -0.39 is 11.7 Å². The van der Waals surface area contributed by atoms with Gasteiger partial charge in [0.05, 0.1) is 5.56 Å². The molecule has 1 aromatic carbocycles. The van der Waals surface area contributed by atoms with Crippen molar-refractivity contribution in [1.29, 1.82) is 0 Å². The Balaban J connectivity index is 1.48. The summed E-state index contributed by atoms with van der Waals surface area (Å²) >= 11 is 0. The third-order valence-electron chi connectivity index (χ3n) is 6.04. The number of hydrogen-bond acceptors (Lipinski definition) is 4. The number of pyridine rings is 1. The van der Waals surface area contributed by atoms with E-state index in [0.29, 0.717) is 30.3 Å². The molecule has 4 rings (SSSR count). The first-order valence-electron chi connectivity index (χ1n) is 11.1. The van der Waals surface area contributed by atoms with E-state index in [2.05, 4.69) is 24.0 Å². The first-order chi connectivity index (χ1) is 15.6. The molecular weight excluding hydrogens is 433 g/mol. The number of ether oxygens (including phenoxy) is 1. The Bertz CT molecular complexity index is 1160. The number of aromatic nitrogens is 3. The second kappa shape index (κ2) is 9.03. The van der Waals surface area contributed by atoms with Crippen LogP contribution in [0.5, 0.6) is 5.75 Å². The molecule has 0 N–H and O–H groups in total. The van der Waals surface area contributed by atoms with Gasteiger partial charge in [-0.1, -0.05) is 26.0 Å². The van der Waals surface area contributed by atoms with E-state index in [1.165, 1.54) is 10.5 Å². The first-order valence-corrected chi connectivity index (χ1v) is 11.1. The predicted molar refractivity (Wildman–Crippen MR) is 117 cm³/mol. The van der Waals surface area contributed by atoms with Gasteiger partial charge in [-0.15, -0.1) is 10.2 Å². The van der Waals surface area contributed by atoms with Crippen LogP contribution in [0.15, 0.2) is 36.5 Å². The number of halogens is 3. The standard InChI is InChI=1S/C24H27F3N4O2/c1-15(2)19-8-6-16(3)11-20(19)33-14-22(32)30-10-4-5-17(12-30)23-29-28-21-9-7-18(13-31(21)23)24(25,26)27/h6-9,11,13,15,17H,4-5,10,12,14H2,1-3H3. The lowest BCUT2D eigenvalue weighted by molar-refractivity contribution is -0.138. The van der Waals surface area contributed by atoms with Gasteiger partial charge in [0.1, 0.15) is 11.6 Å². The average Bonchev–Trinajstić information content (AvgIpc) is 3.20. The summed E-state index contributed by atoms with van der Waals surface area (Å²) in [7, 11) is 0. The van der Waals surface area contributed by atoms with Gasteiger partial charge >= 0.3 is 6.18 Å². The van der Waals surface area contributed by atoms with Crippen LogP contribution >= 0.6 is 0 Å². The van der Waals surface area contributed by atoms with E-state index in [9.17, 15) is 18.0 Å². The molecule has 1 atom stereocenters. The van der Waals surface area contributed by atoms with Crippen molar-refractivity contribution in [2.75, 3.05) is 19.7 Å². The second-order valence-corrected chi connectivity index (χ2v) is 8.87. The summed E-state index contributed by atoms with van der Waals surface area (Å²) in [4.78, 5) is 14.6. The molecular formula is C24H27F3N4O2. The highest BCUT2D eigenvalue weighted by molar-refractivity contribution is 5.78. The summed E-state index contributed by atoms with van der Waals surface area (Å²) < 4.78 is 46.8. The molecule has 176 valence electrons. The van der Waals surface area contributed by atoms with Crippen molar-refractivity contribution in [3.05, 3.63) is 59.0 Å². The first kappa shape index (κ1) is 23.1. The van der Waals surface area contributed by atoms with Crippen LogP contribution in [-0.4, -0.2) is 45.1 Å². The molecule has 6 nitrogen and oxygen atoms in total. The topological polar surface area (TPSA) is 59.7 Å². The minimum Gasteiger partial charge on any atom is -0.483 e. The number of carbonyl (C=O) groups is 1. The number of aryl methyl sites for hydroxylation is 1. The molecule has 1 saturated heterocycles. The molecule has 0 aliphatic carbocycles. The van der Waals surface area contributed by atoms with Gasteiger partial charge < -0.3 is 9.64 Å². The lowest BCUT2D eigenvalue weighted by atomic mass is 9.97. The third kappa shape index (κ3) is 4.96. The maximum absolute atomic E-state index is 13.2. The predicted octanol–water partition coefficient (Wildman–Crippen LogP) is 4.96. The molecule has 3 aromatic rings. The number of nitrogens with zero attached hydrogens (tertiary/aromatic N) is 4. The average molecular weight is 461 g/mol. The maximum Gasteiger partial charge on any atom is 0.417 e. The van der Waals surface area contributed by atoms with Crippen LogP contribution in [0, 0.1) is 6.92 Å². The number of piperidine rings is 1. The van der Waals surface area contributed by atoms with E-state index in [4.69, 9.17) is 4.74 Å². The fourth-order valence-electron chi connectivity index (χ4n) is 4.24. The Morgan fingerprint density at radius 2 is 2.00 bits per heavy atom. The van der Waals surface area contributed by atoms with E-state index in [1.54, 1.807) is 4.90 Å². The molecule has 0 saturated carbocycles. The van der Waals surface area contributed by atoms with Crippen LogP contribution in [0.4, 0.5) is 13.2 Å². The van der Waals surface area contributed by atoms with Gasteiger partial charge in [-0.05, 0) is 55.0 Å². The highest BCUT2D eigenvalue weighted by atomic mass is 19.4. The molecule has 0 spiro atoms. The second-order valence-electron chi connectivity index (χ2n) is 8.87. The molecule has 1 amide bonds. The van der Waals surface area contributed by atoms with Gasteiger partial charge in [-0.2, -0.15) is 13.2 Å². The SMILES string of the molecule is Cc1ccc(C(C)C)c(OCC(=O)N2CCCC(c3nnc4ccc(C(F)(F)F)cn34)C2)c1. The van der Waals surface area contributed by atoms with Crippen molar-refractivity contribution in [3.8, 4) is 5.75 Å². The molecule has 1 unspecified atom stereocenters. The Morgan fingerprint density at radius 1 is 1.21 bits per heavy atom. The van der Waals surface area contributed by atoms with Crippen molar-refractivity contribution in [1.82, 2.24) is 19.5 Å². The molecule has 1 aliphatic rings. The Labute approximate surface area is 190 Å². The quantitative estimate of drug-likeness (QED) is 0.540. The van der Waals surface area contributed by atoms with Crippen molar-refractivity contribution < 1.29 is 22.7 Å². The smallest absolute Gasteiger partial charge is 0.417 e. The number of fused-ring (bicyclic) bond motifs is 1. The van der Waals surface area contributed by atoms with E-state index >= 15 is 0 Å². The minimum atomic E-state index is -4.45. The maximum atomic E-state index is 13.2. The fourth-order valence-corrected chi connectivity index (χ4v) is 4.24. The van der Waals surface area contributed by atoms with Gasteiger partial charge in [0, 0.05) is 25.2 Å². The minimum absolute atomic E-state index is 0.0886. The highest BCUT2D eigenvalue weighted by Gasteiger charge is 2.33. The molecule has 33 heavy (non-hydrogen) atoms. The number of hydrogen-bond donors (Lipinski definition) is 0. The van der Waals surface area contributed by atoms with E-state index in [1.807, 2.05) is 25.1 Å². The lowest BCUT2D eigenvalue weighted by Crippen LogP contribution is -2.42. The van der Waals surface area contributed by atoms with E-state index in [0.717, 1.165) is 36.2 Å². The summed E-state index contributed by atoms with van der Waals surface area (Å²) in [6.45, 7) is 6.97. The molecule has 0 radical (unpaired) electrons. The third-order valence-corrected chi connectivity index (χ3v) is 6.04. The molecule has 1 fully saturated rings. The number of alkyl halides is 3. The Kier molecular flexibility index (Phi) is 6.32. The summed E-state index contributed by atoms with van der Waals surface area (Å²) in [5.74, 6) is 1.05. The van der Waals surface area contributed by atoms with Gasteiger partial charge in [0.2, 0.25) is 0 Å². The molecule has 3 heterocycles. The van der Waals surface area contributed by atoms with Gasteiger partial charge in [-0.25, -0.2) is 0 Å².